The van der Waals surface area contributed by atoms with Crippen molar-refractivity contribution in [2.24, 2.45) is 11.8 Å². The van der Waals surface area contributed by atoms with Crippen LogP contribution < -0.4 is 10.6 Å². The lowest BCUT2D eigenvalue weighted by molar-refractivity contribution is -0.117. The first-order chi connectivity index (χ1) is 9.36. The van der Waals surface area contributed by atoms with Crippen LogP contribution in [0.4, 0.5) is 11.6 Å². The third-order valence-electron chi connectivity index (χ3n) is 2.37. The monoisotopic (exact) mass is 278 g/mol. The van der Waals surface area contributed by atoms with Gasteiger partial charge in [0.2, 0.25) is 11.8 Å². The first kappa shape index (κ1) is 16.1. The lowest BCUT2D eigenvalue weighted by Crippen LogP contribution is -2.17. The average Bonchev–Trinajstić information content (AvgIpc) is 2.29. The average molecular weight is 278 g/mol. The van der Waals surface area contributed by atoms with Gasteiger partial charge in [-0.3, -0.25) is 9.59 Å². The molecule has 1 aromatic heterocycles. The minimum Gasteiger partial charge on any atom is -0.309 e. The molecule has 110 valence electrons. The van der Waals surface area contributed by atoms with Crippen molar-refractivity contribution in [3.63, 3.8) is 0 Å². The van der Waals surface area contributed by atoms with Gasteiger partial charge in [-0.25, -0.2) is 9.97 Å². The zero-order valence-corrected chi connectivity index (χ0v) is 12.4. The van der Waals surface area contributed by atoms with Crippen LogP contribution in [0.1, 0.15) is 40.5 Å². The van der Waals surface area contributed by atoms with E-state index in [1.807, 2.05) is 27.7 Å². The topological polar surface area (TPSA) is 84.0 Å². The number of hydrogen-bond donors (Lipinski definition) is 2. The number of carbonyl (C=O) groups excluding carboxylic acids is 2. The van der Waals surface area contributed by atoms with Gasteiger partial charge >= 0.3 is 0 Å². The summed E-state index contributed by atoms with van der Waals surface area (Å²) in [5.74, 6) is 1.17. The van der Waals surface area contributed by atoms with Gasteiger partial charge in [0.1, 0.15) is 0 Å². The van der Waals surface area contributed by atoms with Crippen LogP contribution in [0.3, 0.4) is 0 Å². The van der Waals surface area contributed by atoms with Crippen molar-refractivity contribution in [1.82, 2.24) is 9.97 Å². The van der Waals surface area contributed by atoms with E-state index in [0.717, 1.165) is 0 Å². The molecule has 0 aliphatic heterocycles. The molecular weight excluding hydrogens is 256 g/mol. The number of aromatic nitrogens is 2. The van der Waals surface area contributed by atoms with E-state index in [-0.39, 0.29) is 23.7 Å². The molecule has 0 aromatic carbocycles. The highest BCUT2D eigenvalue weighted by atomic mass is 16.2. The Morgan fingerprint density at radius 1 is 0.900 bits per heavy atom. The standard InChI is InChI=1S/C14H22N4O2/c1-9(2)5-13(19)17-11-7-16-12(8-15-11)18-14(20)6-10(3)4/h7-10H,5-6H2,1-4H3,(H,15,17,19)(H,16,18,20). The number of hydrogen-bond acceptors (Lipinski definition) is 4. The second kappa shape index (κ2) is 7.57. The third kappa shape index (κ3) is 6.26. The Balaban J connectivity index is 2.52. The van der Waals surface area contributed by atoms with Gasteiger partial charge in [0, 0.05) is 12.8 Å². The summed E-state index contributed by atoms with van der Waals surface area (Å²) in [5, 5.41) is 5.32. The van der Waals surface area contributed by atoms with Crippen molar-refractivity contribution in [3.05, 3.63) is 12.4 Å². The van der Waals surface area contributed by atoms with Crippen molar-refractivity contribution in [2.75, 3.05) is 10.6 Å². The fraction of sp³-hybridized carbons (Fsp3) is 0.571. The van der Waals surface area contributed by atoms with Crippen molar-refractivity contribution in [2.45, 2.75) is 40.5 Å². The Bertz CT molecular complexity index is 412. The first-order valence-electron chi connectivity index (χ1n) is 6.78. The maximum atomic E-state index is 11.6. The predicted octanol–water partition coefficient (Wildman–Crippen LogP) is 2.45. The SMILES string of the molecule is CC(C)CC(=O)Nc1cnc(NC(=O)CC(C)C)cn1. The van der Waals surface area contributed by atoms with Crippen LogP contribution in [0, 0.1) is 11.8 Å². The Kier molecular flexibility index (Phi) is 6.09. The van der Waals surface area contributed by atoms with Crippen LogP contribution in [0.2, 0.25) is 0 Å². The maximum Gasteiger partial charge on any atom is 0.225 e. The Hall–Kier alpha value is -1.98. The zero-order chi connectivity index (χ0) is 15.1. The smallest absolute Gasteiger partial charge is 0.225 e. The van der Waals surface area contributed by atoms with Gasteiger partial charge < -0.3 is 10.6 Å². The summed E-state index contributed by atoms with van der Waals surface area (Å²) < 4.78 is 0. The van der Waals surface area contributed by atoms with E-state index in [0.29, 0.717) is 24.5 Å². The highest BCUT2D eigenvalue weighted by molar-refractivity contribution is 5.91. The number of rotatable bonds is 6. The quantitative estimate of drug-likeness (QED) is 0.837. The molecule has 2 N–H and O–H groups in total. The molecule has 20 heavy (non-hydrogen) atoms. The van der Waals surface area contributed by atoms with Crippen molar-refractivity contribution >= 4 is 23.5 Å². The van der Waals surface area contributed by atoms with Crippen molar-refractivity contribution < 1.29 is 9.59 Å². The van der Waals surface area contributed by atoms with E-state index in [9.17, 15) is 9.59 Å². The van der Waals surface area contributed by atoms with E-state index >= 15 is 0 Å². The van der Waals surface area contributed by atoms with E-state index in [4.69, 9.17) is 0 Å². The number of anilines is 2. The molecule has 0 saturated heterocycles. The molecule has 0 bridgehead atoms. The summed E-state index contributed by atoms with van der Waals surface area (Å²) in [6.07, 6.45) is 3.75. The first-order valence-corrected chi connectivity index (χ1v) is 6.78. The fourth-order valence-corrected chi connectivity index (χ4v) is 1.59. The summed E-state index contributed by atoms with van der Waals surface area (Å²) in [6.45, 7) is 7.88. The number of nitrogens with one attached hydrogen (secondary N) is 2. The van der Waals surface area contributed by atoms with Crippen molar-refractivity contribution in [1.29, 1.82) is 0 Å². The molecule has 1 rings (SSSR count). The molecule has 0 aliphatic carbocycles. The molecule has 0 radical (unpaired) electrons. The molecule has 0 aliphatic rings. The molecule has 2 amide bonds. The second-order valence-corrected chi connectivity index (χ2v) is 5.58. The van der Waals surface area contributed by atoms with Gasteiger partial charge in [0.05, 0.1) is 12.4 Å². The molecule has 0 unspecified atom stereocenters. The minimum atomic E-state index is -0.0918. The highest BCUT2D eigenvalue weighted by Gasteiger charge is 2.08. The van der Waals surface area contributed by atoms with Crippen LogP contribution in [-0.4, -0.2) is 21.8 Å². The van der Waals surface area contributed by atoms with Crippen LogP contribution in [0.15, 0.2) is 12.4 Å². The van der Waals surface area contributed by atoms with Gasteiger partial charge in [0.25, 0.3) is 0 Å². The molecule has 6 nitrogen and oxygen atoms in total. The van der Waals surface area contributed by atoms with Crippen LogP contribution in [0.25, 0.3) is 0 Å². The number of amides is 2. The highest BCUT2D eigenvalue weighted by Crippen LogP contribution is 2.09. The van der Waals surface area contributed by atoms with E-state index in [2.05, 4.69) is 20.6 Å². The molecule has 0 atom stereocenters. The van der Waals surface area contributed by atoms with Crippen molar-refractivity contribution in [3.8, 4) is 0 Å². The summed E-state index contributed by atoms with van der Waals surface area (Å²) in [4.78, 5) is 31.2. The Labute approximate surface area is 119 Å². The van der Waals surface area contributed by atoms with E-state index in [1.54, 1.807) is 0 Å². The lowest BCUT2D eigenvalue weighted by atomic mass is 10.1. The number of nitrogens with zero attached hydrogens (tertiary/aromatic N) is 2. The van der Waals surface area contributed by atoms with E-state index < -0.39 is 0 Å². The van der Waals surface area contributed by atoms with E-state index in [1.165, 1.54) is 12.4 Å². The summed E-state index contributed by atoms with van der Waals surface area (Å²) in [5.41, 5.74) is 0. The molecule has 6 heteroatoms. The largest absolute Gasteiger partial charge is 0.309 e. The summed E-state index contributed by atoms with van der Waals surface area (Å²) in [7, 11) is 0. The molecule has 0 saturated carbocycles. The minimum absolute atomic E-state index is 0.0918. The van der Waals surface area contributed by atoms with Gasteiger partial charge in [-0.15, -0.1) is 0 Å². The lowest BCUT2D eigenvalue weighted by Gasteiger charge is -2.08. The fourth-order valence-electron chi connectivity index (χ4n) is 1.59. The number of carbonyl (C=O) groups is 2. The molecule has 0 fully saturated rings. The molecule has 0 spiro atoms. The normalized spacial score (nSPS) is 10.7. The Morgan fingerprint density at radius 2 is 1.25 bits per heavy atom. The van der Waals surface area contributed by atoms with Gasteiger partial charge in [-0.1, -0.05) is 27.7 Å². The summed E-state index contributed by atoms with van der Waals surface area (Å²) in [6, 6.07) is 0. The van der Waals surface area contributed by atoms with Gasteiger partial charge in [0.15, 0.2) is 11.6 Å². The van der Waals surface area contributed by atoms with Crippen LogP contribution in [-0.2, 0) is 9.59 Å². The third-order valence-corrected chi connectivity index (χ3v) is 2.37. The zero-order valence-electron chi connectivity index (χ0n) is 12.4. The van der Waals surface area contributed by atoms with Crippen LogP contribution >= 0.6 is 0 Å². The van der Waals surface area contributed by atoms with Gasteiger partial charge in [-0.2, -0.15) is 0 Å². The molecule has 1 aromatic rings. The predicted molar refractivity (Wildman–Crippen MR) is 78.2 cm³/mol. The Morgan fingerprint density at radius 3 is 1.50 bits per heavy atom. The molecule has 1 heterocycles. The van der Waals surface area contributed by atoms with Crippen LogP contribution in [0.5, 0.6) is 0 Å². The summed E-state index contributed by atoms with van der Waals surface area (Å²) >= 11 is 0. The molecular formula is C14H22N4O2. The maximum absolute atomic E-state index is 11.6. The second-order valence-electron chi connectivity index (χ2n) is 5.58. The van der Waals surface area contributed by atoms with Gasteiger partial charge in [-0.05, 0) is 11.8 Å².